The predicted molar refractivity (Wildman–Crippen MR) is 69.3 cm³/mol. The average Bonchev–Trinajstić information content (AvgIpc) is 2.16. The predicted octanol–water partition coefficient (Wildman–Crippen LogP) is 2.55. The standard InChI is InChI=1S/C11H18O3Si2/c1-15(14-16(2,3)4)13-11(12)10-8-6-5-7-9-10/h5-9,15H,1-4H3. The fourth-order valence-electron chi connectivity index (χ4n) is 1.31. The molecule has 0 heterocycles. The molecule has 0 amide bonds. The van der Waals surface area contributed by atoms with Crippen LogP contribution in [-0.4, -0.2) is 23.6 Å². The molecule has 3 nitrogen and oxygen atoms in total. The molecule has 1 aromatic rings. The van der Waals surface area contributed by atoms with Gasteiger partial charge in [-0.2, -0.15) is 0 Å². The molecule has 0 aliphatic carbocycles. The summed E-state index contributed by atoms with van der Waals surface area (Å²) < 4.78 is 11.1. The molecule has 0 saturated carbocycles. The summed E-state index contributed by atoms with van der Waals surface area (Å²) in [7, 11) is -3.45. The first-order chi connectivity index (χ1) is 7.38. The molecular formula is C11H18O3Si2. The van der Waals surface area contributed by atoms with Crippen LogP contribution in [0.1, 0.15) is 10.4 Å². The van der Waals surface area contributed by atoms with Gasteiger partial charge in [-0.15, -0.1) is 0 Å². The van der Waals surface area contributed by atoms with Gasteiger partial charge < -0.3 is 8.54 Å². The van der Waals surface area contributed by atoms with Crippen LogP contribution in [0.3, 0.4) is 0 Å². The van der Waals surface area contributed by atoms with Crippen LogP contribution in [0.5, 0.6) is 0 Å². The summed E-state index contributed by atoms with van der Waals surface area (Å²) in [4.78, 5) is 11.7. The molecular weight excluding hydrogens is 236 g/mol. The van der Waals surface area contributed by atoms with E-state index in [1.54, 1.807) is 12.1 Å². The van der Waals surface area contributed by atoms with Gasteiger partial charge in [0.2, 0.25) is 0 Å². The molecule has 88 valence electrons. The van der Waals surface area contributed by atoms with Gasteiger partial charge >= 0.3 is 15.3 Å². The molecule has 0 aromatic heterocycles. The molecule has 0 radical (unpaired) electrons. The molecule has 1 rings (SSSR count). The van der Waals surface area contributed by atoms with E-state index >= 15 is 0 Å². The zero-order valence-electron chi connectivity index (χ0n) is 10.2. The molecule has 0 saturated heterocycles. The van der Waals surface area contributed by atoms with E-state index in [0.717, 1.165) is 0 Å². The zero-order valence-corrected chi connectivity index (χ0v) is 12.3. The van der Waals surface area contributed by atoms with Crippen molar-refractivity contribution in [3.63, 3.8) is 0 Å². The van der Waals surface area contributed by atoms with E-state index < -0.39 is 17.6 Å². The molecule has 0 aliphatic rings. The first kappa shape index (κ1) is 13.2. The third kappa shape index (κ3) is 4.74. The van der Waals surface area contributed by atoms with E-state index in [9.17, 15) is 4.79 Å². The number of hydrogen-bond acceptors (Lipinski definition) is 3. The van der Waals surface area contributed by atoms with Crippen molar-refractivity contribution in [1.82, 2.24) is 0 Å². The van der Waals surface area contributed by atoms with Crippen LogP contribution in [-0.2, 0) is 8.54 Å². The highest BCUT2D eigenvalue weighted by Gasteiger charge is 2.22. The lowest BCUT2D eigenvalue weighted by Crippen LogP contribution is -2.36. The van der Waals surface area contributed by atoms with E-state index in [0.29, 0.717) is 5.56 Å². The van der Waals surface area contributed by atoms with Crippen LogP contribution >= 0.6 is 0 Å². The molecule has 0 bridgehead atoms. The molecule has 1 atom stereocenters. The number of carbonyl (C=O) groups is 1. The Kier molecular flexibility index (Phi) is 4.46. The maximum Gasteiger partial charge on any atom is 0.372 e. The number of benzene rings is 1. The van der Waals surface area contributed by atoms with Gasteiger partial charge in [-0.3, -0.25) is 0 Å². The molecule has 0 fully saturated rings. The van der Waals surface area contributed by atoms with Gasteiger partial charge in [0.15, 0.2) is 8.32 Å². The highest BCUT2D eigenvalue weighted by molar-refractivity contribution is 6.76. The van der Waals surface area contributed by atoms with Crippen LogP contribution in [0.25, 0.3) is 0 Å². The number of carbonyl (C=O) groups excluding carboxylic acids is 1. The van der Waals surface area contributed by atoms with Crippen LogP contribution in [0.2, 0.25) is 26.2 Å². The Hall–Kier alpha value is -0.916. The summed E-state index contributed by atoms with van der Waals surface area (Å²) in [6, 6.07) is 9.01. The van der Waals surface area contributed by atoms with Gasteiger partial charge in [0.05, 0.1) is 5.56 Å². The summed E-state index contributed by atoms with van der Waals surface area (Å²) in [5.74, 6) is -0.280. The van der Waals surface area contributed by atoms with Crippen molar-refractivity contribution in [3.05, 3.63) is 35.9 Å². The van der Waals surface area contributed by atoms with Crippen molar-refractivity contribution >= 4 is 23.6 Å². The number of rotatable bonds is 4. The minimum atomic E-state index is -1.84. The third-order valence-corrected chi connectivity index (χ3v) is 6.50. The zero-order chi connectivity index (χ0) is 12.2. The highest BCUT2D eigenvalue weighted by Crippen LogP contribution is 2.08. The normalized spacial score (nSPS) is 13.2. The SMILES string of the molecule is C[SiH](OC(=O)c1ccccc1)O[Si](C)(C)C. The topological polar surface area (TPSA) is 35.5 Å². The van der Waals surface area contributed by atoms with Crippen molar-refractivity contribution in [2.75, 3.05) is 0 Å². The lowest BCUT2D eigenvalue weighted by atomic mass is 10.2. The highest BCUT2D eigenvalue weighted by atomic mass is 28.4. The second kappa shape index (κ2) is 5.42. The van der Waals surface area contributed by atoms with Crippen LogP contribution in [0, 0.1) is 0 Å². The first-order valence-corrected chi connectivity index (χ1v) is 10.8. The quantitative estimate of drug-likeness (QED) is 0.775. The van der Waals surface area contributed by atoms with Gasteiger partial charge in [0.1, 0.15) is 0 Å². The Morgan fingerprint density at radius 3 is 2.25 bits per heavy atom. The van der Waals surface area contributed by atoms with E-state index in [1.165, 1.54) is 0 Å². The van der Waals surface area contributed by atoms with Crippen LogP contribution in [0.15, 0.2) is 30.3 Å². The third-order valence-electron chi connectivity index (χ3n) is 1.80. The van der Waals surface area contributed by atoms with Crippen molar-refractivity contribution in [1.29, 1.82) is 0 Å². The summed E-state index contributed by atoms with van der Waals surface area (Å²) in [5, 5.41) is 0. The van der Waals surface area contributed by atoms with Crippen molar-refractivity contribution in [3.8, 4) is 0 Å². The Bertz CT molecular complexity index is 346. The van der Waals surface area contributed by atoms with E-state index in [-0.39, 0.29) is 5.97 Å². The van der Waals surface area contributed by atoms with E-state index in [1.807, 2.05) is 24.7 Å². The second-order valence-electron chi connectivity index (χ2n) is 4.57. The fraction of sp³-hybridized carbons (Fsp3) is 0.364. The molecule has 0 N–H and O–H groups in total. The monoisotopic (exact) mass is 254 g/mol. The maximum absolute atomic E-state index is 11.7. The molecule has 16 heavy (non-hydrogen) atoms. The summed E-state index contributed by atoms with van der Waals surface area (Å²) in [5.41, 5.74) is 0.584. The van der Waals surface area contributed by atoms with E-state index in [4.69, 9.17) is 8.54 Å². The lowest BCUT2D eigenvalue weighted by Gasteiger charge is -2.22. The van der Waals surface area contributed by atoms with Gasteiger partial charge in [-0.05, 0) is 38.3 Å². The Labute approximate surface area is 99.4 Å². The molecule has 1 unspecified atom stereocenters. The second-order valence-corrected chi connectivity index (χ2v) is 11.1. The van der Waals surface area contributed by atoms with Gasteiger partial charge in [-0.1, -0.05) is 18.2 Å². The Morgan fingerprint density at radius 1 is 1.19 bits per heavy atom. The maximum atomic E-state index is 11.7. The summed E-state index contributed by atoms with van der Waals surface area (Å²) >= 11 is 0. The fourth-order valence-corrected chi connectivity index (χ4v) is 5.93. The molecule has 1 aromatic carbocycles. The van der Waals surface area contributed by atoms with Crippen LogP contribution in [0.4, 0.5) is 0 Å². The first-order valence-electron chi connectivity index (χ1n) is 5.32. The van der Waals surface area contributed by atoms with Crippen molar-refractivity contribution < 1.29 is 13.3 Å². The summed E-state index contributed by atoms with van der Waals surface area (Å²) in [6.07, 6.45) is 0. The largest absolute Gasteiger partial charge is 0.494 e. The lowest BCUT2D eigenvalue weighted by molar-refractivity contribution is 0.0708. The Morgan fingerprint density at radius 2 is 1.75 bits per heavy atom. The van der Waals surface area contributed by atoms with Crippen LogP contribution < -0.4 is 0 Å². The minimum absolute atomic E-state index is 0.280. The minimum Gasteiger partial charge on any atom is -0.494 e. The smallest absolute Gasteiger partial charge is 0.372 e. The van der Waals surface area contributed by atoms with Crippen molar-refractivity contribution in [2.45, 2.75) is 26.2 Å². The molecule has 0 spiro atoms. The van der Waals surface area contributed by atoms with Crippen molar-refractivity contribution in [2.24, 2.45) is 0 Å². The average molecular weight is 254 g/mol. The Balaban J connectivity index is 2.53. The van der Waals surface area contributed by atoms with E-state index in [2.05, 4.69) is 19.6 Å². The number of hydrogen-bond donors (Lipinski definition) is 0. The van der Waals surface area contributed by atoms with Gasteiger partial charge in [-0.25, -0.2) is 4.79 Å². The van der Waals surface area contributed by atoms with Gasteiger partial charge in [0, 0.05) is 0 Å². The van der Waals surface area contributed by atoms with Gasteiger partial charge in [0.25, 0.3) is 0 Å². The molecule has 5 heteroatoms. The molecule has 0 aliphatic heterocycles. The summed E-state index contributed by atoms with van der Waals surface area (Å²) in [6.45, 7) is 8.16.